The van der Waals surface area contributed by atoms with Gasteiger partial charge in [-0.1, -0.05) is 55.5 Å². The number of amides is 1. The van der Waals surface area contributed by atoms with E-state index in [-0.39, 0.29) is 30.3 Å². The molecule has 0 aliphatic carbocycles. The molecule has 1 fully saturated rings. The normalized spacial score (nSPS) is 17.7. The van der Waals surface area contributed by atoms with E-state index in [1.807, 2.05) is 41.3 Å². The predicted octanol–water partition coefficient (Wildman–Crippen LogP) is 4.17. The monoisotopic (exact) mass is 388 g/mol. The van der Waals surface area contributed by atoms with Crippen LogP contribution in [0.3, 0.4) is 0 Å². The Bertz CT molecular complexity index is 723. The summed E-state index contributed by atoms with van der Waals surface area (Å²) in [5, 5.41) is 3.42. The molecule has 0 saturated carbocycles. The predicted molar refractivity (Wildman–Crippen MR) is 112 cm³/mol. The summed E-state index contributed by atoms with van der Waals surface area (Å²) in [5.74, 6) is 1.32. The second-order valence-corrected chi connectivity index (χ2v) is 6.77. The van der Waals surface area contributed by atoms with Gasteiger partial charge in [-0.05, 0) is 24.0 Å². The lowest BCUT2D eigenvalue weighted by atomic mass is 9.92. The van der Waals surface area contributed by atoms with Gasteiger partial charge in [0.2, 0.25) is 5.91 Å². The van der Waals surface area contributed by atoms with Gasteiger partial charge < -0.3 is 15.0 Å². The summed E-state index contributed by atoms with van der Waals surface area (Å²) in [4.78, 5) is 15.2. The summed E-state index contributed by atoms with van der Waals surface area (Å²) in [6, 6.07) is 18.4. The third kappa shape index (κ3) is 5.02. The fourth-order valence-corrected chi connectivity index (χ4v) is 3.77. The van der Waals surface area contributed by atoms with Crippen LogP contribution in [0.25, 0.3) is 0 Å². The van der Waals surface area contributed by atoms with Gasteiger partial charge in [-0.2, -0.15) is 0 Å². The highest BCUT2D eigenvalue weighted by Crippen LogP contribution is 2.32. The maximum atomic E-state index is 13.2. The van der Waals surface area contributed by atoms with Crippen LogP contribution in [0.5, 0.6) is 5.75 Å². The number of nitrogens with zero attached hydrogens (tertiary/aromatic N) is 1. The molecule has 1 N–H and O–H groups in total. The third-order valence-electron chi connectivity index (χ3n) is 5.25. The summed E-state index contributed by atoms with van der Waals surface area (Å²) in [7, 11) is 1.68. The van der Waals surface area contributed by atoms with E-state index in [0.29, 0.717) is 6.42 Å². The number of rotatable bonds is 6. The van der Waals surface area contributed by atoms with Crippen molar-refractivity contribution in [2.75, 3.05) is 26.7 Å². The number of carbonyl (C=O) groups excluding carboxylic acids is 1. The minimum Gasteiger partial charge on any atom is -0.496 e. The van der Waals surface area contributed by atoms with Gasteiger partial charge in [-0.25, -0.2) is 0 Å². The number of hydrogen-bond acceptors (Lipinski definition) is 3. The van der Waals surface area contributed by atoms with E-state index in [9.17, 15) is 4.79 Å². The molecule has 0 spiro atoms. The van der Waals surface area contributed by atoms with E-state index in [1.54, 1.807) is 7.11 Å². The molecular weight excluding hydrogens is 360 g/mol. The number of para-hydroxylation sites is 1. The average molecular weight is 389 g/mol. The van der Waals surface area contributed by atoms with Gasteiger partial charge in [0.25, 0.3) is 0 Å². The fourth-order valence-electron chi connectivity index (χ4n) is 3.77. The first-order valence-corrected chi connectivity index (χ1v) is 9.42. The van der Waals surface area contributed by atoms with E-state index in [2.05, 4.69) is 30.4 Å². The number of methoxy groups -OCH3 is 1. The quantitative estimate of drug-likeness (QED) is 0.807. The van der Waals surface area contributed by atoms with Crippen LogP contribution in [-0.4, -0.2) is 37.6 Å². The van der Waals surface area contributed by atoms with Gasteiger partial charge in [0.1, 0.15) is 5.75 Å². The molecule has 0 aromatic heterocycles. The number of halogens is 1. The molecule has 3 rings (SSSR count). The molecule has 0 radical (unpaired) electrons. The standard InChI is InChI=1S/C22H28N2O2.ClH/c1-3-17(18-9-5-4-6-10-18)15-22(25)24-14-13-23-16-20(24)19-11-7-8-12-21(19)26-2;/h4-12,17,20,23H,3,13-16H2,1-2H3;1H. The topological polar surface area (TPSA) is 41.6 Å². The van der Waals surface area contributed by atoms with Crippen molar-refractivity contribution in [3.8, 4) is 5.75 Å². The van der Waals surface area contributed by atoms with Crippen LogP contribution in [0.1, 0.15) is 42.9 Å². The molecule has 5 heteroatoms. The SMILES string of the molecule is CCC(CC(=O)N1CCNCC1c1ccccc1OC)c1ccccc1.Cl. The van der Waals surface area contributed by atoms with Gasteiger partial charge in [0.15, 0.2) is 0 Å². The number of benzene rings is 2. The zero-order chi connectivity index (χ0) is 18.4. The lowest BCUT2D eigenvalue weighted by Gasteiger charge is -2.38. The van der Waals surface area contributed by atoms with Gasteiger partial charge in [-0.3, -0.25) is 4.79 Å². The molecule has 1 amide bonds. The molecule has 2 aromatic carbocycles. The van der Waals surface area contributed by atoms with Gasteiger partial charge >= 0.3 is 0 Å². The molecule has 0 bridgehead atoms. The van der Waals surface area contributed by atoms with Gasteiger partial charge in [0.05, 0.1) is 13.2 Å². The van der Waals surface area contributed by atoms with E-state index in [0.717, 1.165) is 37.4 Å². The Morgan fingerprint density at radius 3 is 2.59 bits per heavy atom. The molecule has 1 saturated heterocycles. The molecular formula is C22H29ClN2O2. The molecule has 2 aromatic rings. The van der Waals surface area contributed by atoms with Crippen LogP contribution in [-0.2, 0) is 4.79 Å². The Hall–Kier alpha value is -2.04. The smallest absolute Gasteiger partial charge is 0.223 e. The molecule has 4 nitrogen and oxygen atoms in total. The van der Waals surface area contributed by atoms with Crippen LogP contribution in [0.15, 0.2) is 54.6 Å². The van der Waals surface area contributed by atoms with E-state index >= 15 is 0 Å². The molecule has 2 atom stereocenters. The fraction of sp³-hybridized carbons (Fsp3) is 0.409. The first-order chi connectivity index (χ1) is 12.7. The number of ether oxygens (including phenoxy) is 1. The molecule has 1 aliphatic heterocycles. The Labute approximate surface area is 168 Å². The zero-order valence-electron chi connectivity index (χ0n) is 16.1. The highest BCUT2D eigenvalue weighted by molar-refractivity contribution is 5.85. The Balaban J connectivity index is 0.00000261. The van der Waals surface area contributed by atoms with Crippen molar-refractivity contribution in [2.45, 2.75) is 31.7 Å². The summed E-state index contributed by atoms with van der Waals surface area (Å²) >= 11 is 0. The average Bonchev–Trinajstić information content (AvgIpc) is 2.72. The number of nitrogens with one attached hydrogen (secondary N) is 1. The minimum atomic E-state index is 0. The summed E-state index contributed by atoms with van der Waals surface area (Å²) in [6.45, 7) is 4.47. The van der Waals surface area contributed by atoms with Crippen molar-refractivity contribution in [1.82, 2.24) is 10.2 Å². The zero-order valence-corrected chi connectivity index (χ0v) is 16.9. The van der Waals surface area contributed by atoms with Gasteiger partial charge in [0, 0.05) is 31.6 Å². The minimum absolute atomic E-state index is 0. The maximum Gasteiger partial charge on any atom is 0.223 e. The first-order valence-electron chi connectivity index (χ1n) is 9.42. The van der Waals surface area contributed by atoms with E-state index in [4.69, 9.17) is 4.74 Å². The van der Waals surface area contributed by atoms with Crippen LogP contribution < -0.4 is 10.1 Å². The van der Waals surface area contributed by atoms with Crippen molar-refractivity contribution in [3.05, 3.63) is 65.7 Å². The van der Waals surface area contributed by atoms with Crippen LogP contribution in [0.4, 0.5) is 0 Å². The Morgan fingerprint density at radius 1 is 1.19 bits per heavy atom. The first kappa shape index (κ1) is 21.3. The van der Waals surface area contributed by atoms with Crippen LogP contribution in [0.2, 0.25) is 0 Å². The second kappa shape index (κ2) is 10.3. The van der Waals surface area contributed by atoms with Crippen LogP contribution in [0, 0.1) is 0 Å². The molecule has 1 aliphatic rings. The second-order valence-electron chi connectivity index (χ2n) is 6.77. The summed E-state index contributed by atoms with van der Waals surface area (Å²) < 4.78 is 5.53. The van der Waals surface area contributed by atoms with Crippen molar-refractivity contribution in [2.24, 2.45) is 0 Å². The van der Waals surface area contributed by atoms with Gasteiger partial charge in [-0.15, -0.1) is 12.4 Å². The Kier molecular flexibility index (Phi) is 8.14. The van der Waals surface area contributed by atoms with Crippen molar-refractivity contribution in [3.63, 3.8) is 0 Å². The number of carbonyl (C=O) groups is 1. The number of hydrogen-bond donors (Lipinski definition) is 1. The van der Waals surface area contributed by atoms with E-state index < -0.39 is 0 Å². The van der Waals surface area contributed by atoms with E-state index in [1.165, 1.54) is 5.56 Å². The highest BCUT2D eigenvalue weighted by atomic mass is 35.5. The third-order valence-corrected chi connectivity index (χ3v) is 5.25. The highest BCUT2D eigenvalue weighted by Gasteiger charge is 2.30. The lowest BCUT2D eigenvalue weighted by Crippen LogP contribution is -2.49. The lowest BCUT2D eigenvalue weighted by molar-refractivity contribution is -0.135. The van der Waals surface area contributed by atoms with Crippen molar-refractivity contribution in [1.29, 1.82) is 0 Å². The Morgan fingerprint density at radius 2 is 1.89 bits per heavy atom. The summed E-state index contributed by atoms with van der Waals surface area (Å²) in [6.07, 6.45) is 1.51. The maximum absolute atomic E-state index is 13.2. The van der Waals surface area contributed by atoms with Crippen molar-refractivity contribution >= 4 is 18.3 Å². The van der Waals surface area contributed by atoms with Crippen LogP contribution >= 0.6 is 12.4 Å². The molecule has 146 valence electrons. The summed E-state index contributed by atoms with van der Waals surface area (Å²) in [5.41, 5.74) is 2.32. The largest absolute Gasteiger partial charge is 0.496 e. The van der Waals surface area contributed by atoms with Crippen molar-refractivity contribution < 1.29 is 9.53 Å². The number of piperazine rings is 1. The molecule has 2 unspecified atom stereocenters. The molecule has 27 heavy (non-hydrogen) atoms. The molecule has 1 heterocycles.